The van der Waals surface area contributed by atoms with Crippen molar-refractivity contribution in [1.82, 2.24) is 16.2 Å². The predicted molar refractivity (Wildman–Crippen MR) is 75.1 cm³/mol. The molecule has 116 valence electrons. The van der Waals surface area contributed by atoms with Gasteiger partial charge in [-0.3, -0.25) is 0 Å². The lowest BCUT2D eigenvalue weighted by Gasteiger charge is -2.22. The number of carbonyl (C=O) groups is 2. The molecule has 0 aromatic heterocycles. The van der Waals surface area contributed by atoms with Gasteiger partial charge in [0.25, 0.3) is 0 Å². The lowest BCUT2D eigenvalue weighted by atomic mass is 10.1. The molecule has 0 aliphatic heterocycles. The van der Waals surface area contributed by atoms with Crippen LogP contribution in [0.3, 0.4) is 0 Å². The summed E-state index contributed by atoms with van der Waals surface area (Å²) < 4.78 is 4.79. The van der Waals surface area contributed by atoms with Gasteiger partial charge in [0.15, 0.2) is 0 Å². The van der Waals surface area contributed by atoms with Crippen LogP contribution in [0, 0.1) is 0 Å². The number of hydrazine groups is 1. The van der Waals surface area contributed by atoms with Crippen molar-refractivity contribution in [1.29, 1.82) is 0 Å². The van der Waals surface area contributed by atoms with Crippen molar-refractivity contribution in [2.75, 3.05) is 0 Å². The molecule has 0 aromatic carbocycles. The minimum absolute atomic E-state index is 0.267. The van der Waals surface area contributed by atoms with Crippen molar-refractivity contribution in [3.63, 3.8) is 0 Å². The van der Waals surface area contributed by atoms with Gasteiger partial charge in [-0.15, -0.1) is 0 Å². The largest absolute Gasteiger partial charge is 0.446 e. The van der Waals surface area contributed by atoms with E-state index in [0.29, 0.717) is 0 Å². The third-order valence-corrected chi connectivity index (χ3v) is 1.64. The number of urea groups is 1. The van der Waals surface area contributed by atoms with Gasteiger partial charge in [-0.25, -0.2) is 20.4 Å². The molecule has 0 aliphatic carbocycles. The molecule has 0 saturated heterocycles. The van der Waals surface area contributed by atoms with Gasteiger partial charge >= 0.3 is 12.1 Å². The van der Waals surface area contributed by atoms with Crippen molar-refractivity contribution in [3.8, 4) is 0 Å². The first kappa shape index (κ1) is 18.1. The summed E-state index contributed by atoms with van der Waals surface area (Å²) in [5, 5.41) is 10.7. The summed E-state index contributed by atoms with van der Waals surface area (Å²) in [6.07, 6.45) is -0.999. The smallest absolute Gasteiger partial charge is 0.426 e. The number of nitrogens with one attached hydrogen (secondary N) is 3. The Balaban J connectivity index is 4.26. The van der Waals surface area contributed by atoms with Gasteiger partial charge in [0.2, 0.25) is 0 Å². The maximum atomic E-state index is 11.6. The fourth-order valence-electron chi connectivity index (χ4n) is 0.960. The molecule has 0 heterocycles. The highest BCUT2D eigenvalue weighted by atomic mass is 16.6. The lowest BCUT2D eigenvalue weighted by Crippen LogP contribution is -2.53. The third-order valence-electron chi connectivity index (χ3n) is 1.64. The van der Waals surface area contributed by atoms with E-state index in [0.717, 1.165) is 0 Å². The molecule has 0 aromatic rings. The lowest BCUT2D eigenvalue weighted by molar-refractivity contribution is 0.111. The van der Waals surface area contributed by atoms with Crippen LogP contribution in [0.15, 0.2) is 10.2 Å². The van der Waals surface area contributed by atoms with Crippen molar-refractivity contribution >= 4 is 12.1 Å². The number of amides is 3. The van der Waals surface area contributed by atoms with Crippen molar-refractivity contribution < 1.29 is 14.3 Å². The van der Waals surface area contributed by atoms with Gasteiger partial charge in [0, 0.05) is 0 Å². The molecule has 8 heteroatoms. The highest BCUT2D eigenvalue weighted by Crippen LogP contribution is 2.12. The molecule has 20 heavy (non-hydrogen) atoms. The van der Waals surface area contributed by atoms with E-state index in [-0.39, 0.29) is 11.6 Å². The maximum Gasteiger partial charge on any atom is 0.426 e. The summed E-state index contributed by atoms with van der Waals surface area (Å²) in [7, 11) is 0. The number of carbonyl (C=O) groups excluding carboxylic acids is 2. The second-order valence-corrected chi connectivity index (χ2v) is 6.09. The standard InChI is InChI=1S/C12H25N5O3/c1-8(2)20-10(19)15-14-9(18)13-12(6,7)17-16-11(3,4)5/h8H,1-7H3,(H,15,19)(H2,13,14,18). The minimum atomic E-state index is -0.888. The van der Waals surface area contributed by atoms with E-state index in [1.54, 1.807) is 27.7 Å². The van der Waals surface area contributed by atoms with Crippen LogP contribution < -0.4 is 16.2 Å². The molecule has 3 amide bonds. The predicted octanol–water partition coefficient (Wildman–Crippen LogP) is 2.32. The van der Waals surface area contributed by atoms with Crippen LogP contribution in [0.25, 0.3) is 0 Å². The van der Waals surface area contributed by atoms with Crippen LogP contribution in [0.4, 0.5) is 9.59 Å². The van der Waals surface area contributed by atoms with E-state index in [1.807, 2.05) is 20.8 Å². The van der Waals surface area contributed by atoms with Crippen LogP contribution in [0.5, 0.6) is 0 Å². The molecule has 0 spiro atoms. The number of hydrogen-bond donors (Lipinski definition) is 3. The SMILES string of the molecule is CC(C)OC(=O)NNC(=O)NC(C)(C)N=NC(C)(C)C. The van der Waals surface area contributed by atoms with E-state index in [1.165, 1.54) is 0 Å². The van der Waals surface area contributed by atoms with Crippen LogP contribution >= 0.6 is 0 Å². The second-order valence-electron chi connectivity index (χ2n) is 6.09. The van der Waals surface area contributed by atoms with Crippen LogP contribution in [0.1, 0.15) is 48.5 Å². The zero-order chi connectivity index (χ0) is 16.0. The molecule has 0 bridgehead atoms. The molecule has 0 unspecified atom stereocenters. The van der Waals surface area contributed by atoms with Crippen molar-refractivity contribution in [3.05, 3.63) is 0 Å². The summed E-state index contributed by atoms with van der Waals surface area (Å²) in [6.45, 7) is 12.5. The van der Waals surface area contributed by atoms with Gasteiger partial charge in [0.05, 0.1) is 11.6 Å². The van der Waals surface area contributed by atoms with E-state index in [2.05, 4.69) is 26.4 Å². The van der Waals surface area contributed by atoms with Crippen LogP contribution in [-0.2, 0) is 4.74 Å². The molecule has 0 atom stereocenters. The first-order chi connectivity index (χ1) is 8.91. The number of rotatable bonds is 3. The van der Waals surface area contributed by atoms with E-state index >= 15 is 0 Å². The molecule has 0 fully saturated rings. The topological polar surface area (TPSA) is 104 Å². The molecule has 3 N–H and O–H groups in total. The quantitative estimate of drug-likeness (QED) is 0.548. The Bertz CT molecular complexity index is 372. The Labute approximate surface area is 119 Å². The zero-order valence-electron chi connectivity index (χ0n) is 13.2. The summed E-state index contributed by atoms with van der Waals surface area (Å²) in [6, 6.07) is -0.608. The average molecular weight is 287 g/mol. The first-order valence-electron chi connectivity index (χ1n) is 6.40. The van der Waals surface area contributed by atoms with Gasteiger partial charge in [-0.1, -0.05) is 0 Å². The second kappa shape index (κ2) is 7.06. The highest BCUT2D eigenvalue weighted by molar-refractivity contribution is 5.78. The number of azo groups is 1. The molecular weight excluding hydrogens is 262 g/mol. The van der Waals surface area contributed by atoms with Crippen molar-refractivity contribution in [2.45, 2.75) is 65.8 Å². The Morgan fingerprint density at radius 2 is 1.55 bits per heavy atom. The summed E-state index contributed by atoms with van der Waals surface area (Å²) >= 11 is 0. The van der Waals surface area contributed by atoms with Gasteiger partial charge in [-0.05, 0) is 48.5 Å². The van der Waals surface area contributed by atoms with Gasteiger partial charge in [0.1, 0.15) is 5.66 Å². The first-order valence-corrected chi connectivity index (χ1v) is 6.40. The normalized spacial score (nSPS) is 12.4. The monoisotopic (exact) mass is 287 g/mol. The third kappa shape index (κ3) is 10.1. The summed E-state index contributed by atoms with van der Waals surface area (Å²) in [4.78, 5) is 22.7. The molecular formula is C12H25N5O3. The van der Waals surface area contributed by atoms with Crippen molar-refractivity contribution in [2.24, 2.45) is 10.2 Å². The summed E-state index contributed by atoms with van der Waals surface area (Å²) in [5.41, 5.74) is 3.07. The molecule has 0 saturated carbocycles. The average Bonchev–Trinajstić information content (AvgIpc) is 2.21. The Hall–Kier alpha value is -1.86. The maximum absolute atomic E-state index is 11.6. The Kier molecular flexibility index (Phi) is 6.41. The Morgan fingerprint density at radius 1 is 1.00 bits per heavy atom. The fraction of sp³-hybridized carbons (Fsp3) is 0.833. The van der Waals surface area contributed by atoms with E-state index < -0.39 is 17.8 Å². The molecule has 8 nitrogen and oxygen atoms in total. The van der Waals surface area contributed by atoms with Crippen LogP contribution in [0.2, 0.25) is 0 Å². The van der Waals surface area contributed by atoms with Gasteiger partial charge in [-0.2, -0.15) is 10.2 Å². The number of nitrogens with zero attached hydrogens (tertiary/aromatic N) is 2. The Morgan fingerprint density at radius 3 is 2.00 bits per heavy atom. The molecule has 0 rings (SSSR count). The van der Waals surface area contributed by atoms with Gasteiger partial charge < -0.3 is 10.1 Å². The number of hydrogen-bond acceptors (Lipinski definition) is 5. The zero-order valence-corrected chi connectivity index (χ0v) is 13.2. The summed E-state index contributed by atoms with van der Waals surface area (Å²) in [5.74, 6) is 0. The van der Waals surface area contributed by atoms with Crippen LogP contribution in [-0.4, -0.2) is 29.4 Å². The van der Waals surface area contributed by atoms with E-state index in [9.17, 15) is 9.59 Å². The van der Waals surface area contributed by atoms with E-state index in [4.69, 9.17) is 4.74 Å². The number of ether oxygens (including phenoxy) is 1. The minimum Gasteiger partial charge on any atom is -0.446 e. The highest BCUT2D eigenvalue weighted by Gasteiger charge is 2.21. The fourth-order valence-corrected chi connectivity index (χ4v) is 0.960. The molecule has 0 aliphatic rings. The molecule has 0 radical (unpaired) electrons.